The monoisotopic (exact) mass is 438 g/mol. The van der Waals surface area contributed by atoms with Gasteiger partial charge < -0.3 is 19.6 Å². The number of para-hydroxylation sites is 1. The summed E-state index contributed by atoms with van der Waals surface area (Å²) in [6, 6.07) is 14.5. The van der Waals surface area contributed by atoms with E-state index in [1.807, 2.05) is 37.3 Å². The van der Waals surface area contributed by atoms with E-state index in [2.05, 4.69) is 10.5 Å². The maximum absolute atomic E-state index is 12.8. The number of nitrogens with one attached hydrogen (secondary N) is 1. The first kappa shape index (κ1) is 22.7. The van der Waals surface area contributed by atoms with Gasteiger partial charge >= 0.3 is 0 Å². The molecule has 0 atom stereocenters. The number of anilines is 1. The first-order chi connectivity index (χ1) is 15.5. The summed E-state index contributed by atoms with van der Waals surface area (Å²) in [4.78, 5) is 30.2. The molecule has 0 radical (unpaired) electrons. The van der Waals surface area contributed by atoms with Crippen molar-refractivity contribution >= 4 is 17.8 Å². The number of ether oxygens (including phenoxy) is 2. The molecule has 0 bridgehead atoms. The van der Waals surface area contributed by atoms with E-state index in [-0.39, 0.29) is 17.9 Å². The Balaban J connectivity index is 1.63. The fourth-order valence-corrected chi connectivity index (χ4v) is 3.12. The molecule has 0 spiro atoms. The van der Waals surface area contributed by atoms with Crippen molar-refractivity contribution in [3.05, 3.63) is 70.1 Å². The SMILES string of the molecule is CCOc1ccc(/C=N/OCC(=O)Nc2c(C)n(C)n(-c3ccccc3)c2=O)cc1OC. The van der Waals surface area contributed by atoms with Gasteiger partial charge in [0.2, 0.25) is 0 Å². The second-order valence-corrected chi connectivity index (χ2v) is 6.84. The van der Waals surface area contributed by atoms with Gasteiger partial charge in [-0.25, -0.2) is 4.68 Å². The molecule has 0 aliphatic carbocycles. The van der Waals surface area contributed by atoms with Gasteiger partial charge in [0, 0.05) is 12.6 Å². The maximum Gasteiger partial charge on any atom is 0.295 e. The lowest BCUT2D eigenvalue weighted by molar-refractivity contribution is -0.120. The van der Waals surface area contributed by atoms with E-state index in [4.69, 9.17) is 14.3 Å². The number of carbonyl (C=O) groups is 1. The number of nitrogens with zero attached hydrogens (tertiary/aromatic N) is 3. The molecular formula is C23H26N4O5. The molecule has 0 aliphatic heterocycles. The second kappa shape index (κ2) is 10.3. The normalized spacial score (nSPS) is 10.9. The molecule has 0 fully saturated rings. The molecule has 9 nitrogen and oxygen atoms in total. The predicted molar refractivity (Wildman–Crippen MR) is 122 cm³/mol. The average molecular weight is 438 g/mol. The molecule has 0 saturated heterocycles. The van der Waals surface area contributed by atoms with E-state index in [0.717, 1.165) is 5.56 Å². The van der Waals surface area contributed by atoms with E-state index in [1.54, 1.807) is 44.0 Å². The zero-order valence-corrected chi connectivity index (χ0v) is 18.5. The lowest BCUT2D eigenvalue weighted by Crippen LogP contribution is -2.24. The van der Waals surface area contributed by atoms with Crippen molar-refractivity contribution in [2.75, 3.05) is 25.6 Å². The predicted octanol–water partition coefficient (Wildman–Crippen LogP) is 2.88. The molecule has 1 N–H and O–H groups in total. The molecule has 0 unspecified atom stereocenters. The van der Waals surface area contributed by atoms with Gasteiger partial charge in [0.05, 0.1) is 31.3 Å². The molecule has 168 valence electrons. The number of benzene rings is 2. The Labute approximate surface area is 185 Å². The summed E-state index contributed by atoms with van der Waals surface area (Å²) in [6.07, 6.45) is 1.46. The van der Waals surface area contributed by atoms with Gasteiger partial charge in [-0.1, -0.05) is 23.4 Å². The highest BCUT2D eigenvalue weighted by atomic mass is 16.6. The van der Waals surface area contributed by atoms with Crippen LogP contribution in [0.25, 0.3) is 5.69 Å². The summed E-state index contributed by atoms with van der Waals surface area (Å²) in [6.45, 7) is 3.83. The summed E-state index contributed by atoms with van der Waals surface area (Å²) >= 11 is 0. The van der Waals surface area contributed by atoms with Gasteiger partial charge in [0.25, 0.3) is 11.5 Å². The fourth-order valence-electron chi connectivity index (χ4n) is 3.12. The van der Waals surface area contributed by atoms with Crippen molar-refractivity contribution in [2.45, 2.75) is 13.8 Å². The Bertz CT molecular complexity index is 1170. The van der Waals surface area contributed by atoms with Crippen LogP contribution < -0.4 is 20.3 Å². The highest BCUT2D eigenvalue weighted by Crippen LogP contribution is 2.27. The highest BCUT2D eigenvalue weighted by molar-refractivity contribution is 5.92. The van der Waals surface area contributed by atoms with Crippen molar-refractivity contribution in [1.29, 1.82) is 0 Å². The summed E-state index contributed by atoms with van der Waals surface area (Å²) in [5.41, 5.74) is 1.92. The molecule has 2 aromatic carbocycles. The van der Waals surface area contributed by atoms with E-state index in [1.165, 1.54) is 10.9 Å². The first-order valence-corrected chi connectivity index (χ1v) is 10.1. The van der Waals surface area contributed by atoms with Gasteiger partial charge in [0.15, 0.2) is 18.1 Å². The third-order valence-electron chi connectivity index (χ3n) is 4.78. The van der Waals surface area contributed by atoms with Gasteiger partial charge in [0.1, 0.15) is 5.69 Å². The molecular weight excluding hydrogens is 412 g/mol. The lowest BCUT2D eigenvalue weighted by atomic mass is 10.2. The van der Waals surface area contributed by atoms with Crippen LogP contribution in [0.2, 0.25) is 0 Å². The van der Waals surface area contributed by atoms with Crippen molar-refractivity contribution in [2.24, 2.45) is 12.2 Å². The van der Waals surface area contributed by atoms with E-state index in [9.17, 15) is 9.59 Å². The van der Waals surface area contributed by atoms with Crippen molar-refractivity contribution in [1.82, 2.24) is 9.36 Å². The van der Waals surface area contributed by atoms with E-state index < -0.39 is 5.91 Å². The molecule has 1 amide bonds. The first-order valence-electron chi connectivity index (χ1n) is 10.1. The van der Waals surface area contributed by atoms with Crippen molar-refractivity contribution < 1.29 is 19.1 Å². The van der Waals surface area contributed by atoms with Gasteiger partial charge in [-0.05, 0) is 44.2 Å². The molecule has 3 aromatic rings. The topological polar surface area (TPSA) is 96.1 Å². The Hall–Kier alpha value is -4.01. The van der Waals surface area contributed by atoms with Gasteiger partial charge in [-0.3, -0.25) is 14.3 Å². The highest BCUT2D eigenvalue weighted by Gasteiger charge is 2.18. The second-order valence-electron chi connectivity index (χ2n) is 6.84. The third kappa shape index (κ3) is 5.00. The number of hydrogen-bond donors (Lipinski definition) is 1. The minimum atomic E-state index is -0.488. The van der Waals surface area contributed by atoms with Crippen LogP contribution in [0.5, 0.6) is 11.5 Å². The number of carbonyl (C=O) groups excluding carboxylic acids is 1. The zero-order chi connectivity index (χ0) is 23.1. The average Bonchev–Trinajstić information content (AvgIpc) is 3.01. The standard InChI is InChI=1S/C23H26N4O5/c1-5-31-19-12-11-17(13-20(19)30-4)14-24-32-15-21(28)25-22-16(2)26(3)27(23(22)29)18-9-7-6-8-10-18/h6-14H,5,15H2,1-4H3,(H,25,28)/b24-14+. The summed E-state index contributed by atoms with van der Waals surface area (Å²) < 4.78 is 13.9. The smallest absolute Gasteiger partial charge is 0.295 e. The number of hydrogen-bond acceptors (Lipinski definition) is 6. The molecule has 1 heterocycles. The van der Waals surface area contributed by atoms with Crippen LogP contribution in [0.3, 0.4) is 0 Å². The van der Waals surface area contributed by atoms with Crippen molar-refractivity contribution in [3.8, 4) is 17.2 Å². The molecule has 0 aliphatic rings. The van der Waals surface area contributed by atoms with Crippen LogP contribution in [-0.4, -0.2) is 41.8 Å². The third-order valence-corrected chi connectivity index (χ3v) is 4.78. The molecule has 32 heavy (non-hydrogen) atoms. The van der Waals surface area contributed by atoms with E-state index >= 15 is 0 Å². The number of rotatable bonds is 9. The van der Waals surface area contributed by atoms with Crippen LogP contribution in [0, 0.1) is 6.92 Å². The zero-order valence-electron chi connectivity index (χ0n) is 18.5. The number of aromatic nitrogens is 2. The van der Waals surface area contributed by atoms with Crippen molar-refractivity contribution in [3.63, 3.8) is 0 Å². The molecule has 3 rings (SSSR count). The Morgan fingerprint density at radius 1 is 1.16 bits per heavy atom. The van der Waals surface area contributed by atoms with Crippen LogP contribution in [0.15, 0.2) is 58.5 Å². The van der Waals surface area contributed by atoms with Gasteiger partial charge in [-0.15, -0.1) is 0 Å². The minimum absolute atomic E-state index is 0.199. The molecule has 1 aromatic heterocycles. The quantitative estimate of drug-likeness (QED) is 0.409. The van der Waals surface area contributed by atoms with E-state index in [0.29, 0.717) is 29.5 Å². The largest absolute Gasteiger partial charge is 0.493 e. The summed E-state index contributed by atoms with van der Waals surface area (Å²) in [7, 11) is 3.31. The number of amides is 1. The van der Waals surface area contributed by atoms with Gasteiger partial charge in [-0.2, -0.15) is 0 Å². The van der Waals surface area contributed by atoms with Crippen LogP contribution in [-0.2, 0) is 16.7 Å². The number of oxime groups is 1. The maximum atomic E-state index is 12.8. The Kier molecular flexibility index (Phi) is 7.33. The Morgan fingerprint density at radius 3 is 2.59 bits per heavy atom. The Morgan fingerprint density at radius 2 is 1.91 bits per heavy atom. The minimum Gasteiger partial charge on any atom is -0.493 e. The fraction of sp³-hybridized carbons (Fsp3) is 0.261. The lowest BCUT2D eigenvalue weighted by Gasteiger charge is -2.09. The summed E-state index contributed by atoms with van der Waals surface area (Å²) in [5, 5.41) is 6.44. The van der Waals surface area contributed by atoms with Crippen LogP contribution in [0.4, 0.5) is 5.69 Å². The number of methoxy groups -OCH3 is 1. The molecule has 9 heteroatoms. The van der Waals surface area contributed by atoms with Crippen LogP contribution in [0.1, 0.15) is 18.2 Å². The van der Waals surface area contributed by atoms with Crippen LogP contribution >= 0.6 is 0 Å². The molecule has 0 saturated carbocycles. The summed E-state index contributed by atoms with van der Waals surface area (Å²) in [5.74, 6) is 0.715.